The summed E-state index contributed by atoms with van der Waals surface area (Å²) in [4.78, 5) is 11.1. The van der Waals surface area contributed by atoms with Gasteiger partial charge in [-0.25, -0.2) is 4.79 Å². The molecular weight excluding hydrogens is 208 g/mol. The van der Waals surface area contributed by atoms with Gasteiger partial charge >= 0.3 is 5.97 Å². The molecule has 0 saturated carbocycles. The predicted octanol–water partition coefficient (Wildman–Crippen LogP) is 1.94. The first kappa shape index (κ1) is 15.1. The summed E-state index contributed by atoms with van der Waals surface area (Å²) in [5, 5.41) is 0. The van der Waals surface area contributed by atoms with Crippen LogP contribution in [0.15, 0.2) is 12.2 Å². The van der Waals surface area contributed by atoms with Crippen molar-refractivity contribution in [3.8, 4) is 0 Å². The first-order valence-electron chi connectivity index (χ1n) is 5.43. The summed E-state index contributed by atoms with van der Waals surface area (Å²) < 4.78 is 15.4. The lowest BCUT2D eigenvalue weighted by atomic mass is 10.2. The standard InChI is InChI=1S/C12H22O4/c1-6-15-11(13)10(2)9-14-7-8-16-12(3,4)5/h2,6-9H2,1,3-5H3. The van der Waals surface area contributed by atoms with Gasteiger partial charge in [0, 0.05) is 0 Å². The summed E-state index contributed by atoms with van der Waals surface area (Å²) >= 11 is 0. The Hall–Kier alpha value is -0.870. The Morgan fingerprint density at radius 3 is 2.38 bits per heavy atom. The van der Waals surface area contributed by atoms with Gasteiger partial charge in [-0.2, -0.15) is 0 Å². The number of hydrogen-bond acceptors (Lipinski definition) is 4. The second-order valence-corrected chi connectivity index (χ2v) is 4.34. The van der Waals surface area contributed by atoms with E-state index in [2.05, 4.69) is 6.58 Å². The van der Waals surface area contributed by atoms with E-state index >= 15 is 0 Å². The van der Waals surface area contributed by atoms with E-state index in [-0.39, 0.29) is 12.2 Å². The fraction of sp³-hybridized carbons (Fsp3) is 0.750. The summed E-state index contributed by atoms with van der Waals surface area (Å²) in [6.07, 6.45) is 0. The molecule has 0 aromatic carbocycles. The number of carbonyl (C=O) groups excluding carboxylic acids is 1. The Bertz CT molecular complexity index is 228. The summed E-state index contributed by atoms with van der Waals surface area (Å²) in [5.41, 5.74) is 0.166. The van der Waals surface area contributed by atoms with Gasteiger partial charge in [-0.05, 0) is 27.7 Å². The average molecular weight is 230 g/mol. The van der Waals surface area contributed by atoms with Crippen molar-refractivity contribution in [3.63, 3.8) is 0 Å². The topological polar surface area (TPSA) is 44.8 Å². The quantitative estimate of drug-likeness (QED) is 0.381. The van der Waals surface area contributed by atoms with Gasteiger partial charge in [0.1, 0.15) is 0 Å². The van der Waals surface area contributed by atoms with Crippen LogP contribution in [-0.2, 0) is 19.0 Å². The highest BCUT2D eigenvalue weighted by Crippen LogP contribution is 2.05. The fourth-order valence-corrected chi connectivity index (χ4v) is 0.894. The van der Waals surface area contributed by atoms with Crippen LogP contribution < -0.4 is 0 Å². The van der Waals surface area contributed by atoms with E-state index in [4.69, 9.17) is 14.2 Å². The van der Waals surface area contributed by atoms with Crippen molar-refractivity contribution in [2.75, 3.05) is 26.4 Å². The van der Waals surface area contributed by atoms with E-state index in [1.807, 2.05) is 20.8 Å². The highest BCUT2D eigenvalue weighted by Gasteiger charge is 2.10. The van der Waals surface area contributed by atoms with Gasteiger partial charge in [0.25, 0.3) is 0 Å². The van der Waals surface area contributed by atoms with Gasteiger partial charge in [0.05, 0.1) is 37.6 Å². The lowest BCUT2D eigenvalue weighted by Gasteiger charge is -2.19. The molecule has 0 rings (SSSR count). The maximum absolute atomic E-state index is 11.1. The van der Waals surface area contributed by atoms with Crippen molar-refractivity contribution in [1.29, 1.82) is 0 Å². The third-order valence-corrected chi connectivity index (χ3v) is 1.60. The molecule has 0 aliphatic rings. The molecule has 16 heavy (non-hydrogen) atoms. The molecule has 0 unspecified atom stereocenters. The van der Waals surface area contributed by atoms with E-state index in [0.717, 1.165) is 0 Å². The Labute approximate surface area is 97.6 Å². The Morgan fingerprint density at radius 2 is 1.88 bits per heavy atom. The van der Waals surface area contributed by atoms with Crippen molar-refractivity contribution >= 4 is 5.97 Å². The largest absolute Gasteiger partial charge is 0.463 e. The van der Waals surface area contributed by atoms with E-state index in [1.165, 1.54) is 0 Å². The van der Waals surface area contributed by atoms with Crippen LogP contribution >= 0.6 is 0 Å². The molecule has 0 fully saturated rings. The molecule has 4 heteroatoms. The van der Waals surface area contributed by atoms with Crippen LogP contribution in [0.4, 0.5) is 0 Å². The Kier molecular flexibility index (Phi) is 7.01. The zero-order valence-corrected chi connectivity index (χ0v) is 10.7. The predicted molar refractivity (Wildman–Crippen MR) is 62.3 cm³/mol. The second-order valence-electron chi connectivity index (χ2n) is 4.34. The number of rotatable bonds is 7. The van der Waals surface area contributed by atoms with E-state index in [0.29, 0.717) is 25.4 Å². The van der Waals surface area contributed by atoms with Crippen LogP contribution in [-0.4, -0.2) is 38.0 Å². The number of carbonyl (C=O) groups is 1. The van der Waals surface area contributed by atoms with Gasteiger partial charge in [-0.1, -0.05) is 6.58 Å². The Balaban J connectivity index is 3.52. The first-order valence-corrected chi connectivity index (χ1v) is 5.43. The van der Waals surface area contributed by atoms with Crippen LogP contribution in [0.25, 0.3) is 0 Å². The summed E-state index contributed by atoms with van der Waals surface area (Å²) in [7, 11) is 0. The molecule has 0 saturated heterocycles. The minimum atomic E-state index is -0.403. The summed E-state index contributed by atoms with van der Waals surface area (Å²) in [5.74, 6) is -0.403. The maximum atomic E-state index is 11.1. The molecule has 94 valence electrons. The monoisotopic (exact) mass is 230 g/mol. The van der Waals surface area contributed by atoms with E-state index in [1.54, 1.807) is 6.92 Å². The van der Waals surface area contributed by atoms with Crippen molar-refractivity contribution < 1.29 is 19.0 Å². The third kappa shape index (κ3) is 8.44. The minimum absolute atomic E-state index is 0.165. The molecule has 0 aliphatic carbocycles. The smallest absolute Gasteiger partial charge is 0.335 e. The van der Waals surface area contributed by atoms with Crippen molar-refractivity contribution in [1.82, 2.24) is 0 Å². The molecule has 0 amide bonds. The van der Waals surface area contributed by atoms with E-state index in [9.17, 15) is 4.79 Å². The lowest BCUT2D eigenvalue weighted by Crippen LogP contribution is -2.22. The molecule has 0 heterocycles. The molecular formula is C12H22O4. The van der Waals surface area contributed by atoms with Gasteiger partial charge in [0.15, 0.2) is 0 Å². The number of hydrogen-bond donors (Lipinski definition) is 0. The van der Waals surface area contributed by atoms with Crippen LogP contribution in [0.5, 0.6) is 0 Å². The van der Waals surface area contributed by atoms with Gasteiger partial charge in [-0.15, -0.1) is 0 Å². The van der Waals surface area contributed by atoms with Gasteiger partial charge < -0.3 is 14.2 Å². The van der Waals surface area contributed by atoms with Gasteiger partial charge in [0.2, 0.25) is 0 Å². The van der Waals surface area contributed by atoms with Crippen molar-refractivity contribution in [3.05, 3.63) is 12.2 Å². The number of esters is 1. The molecule has 0 N–H and O–H groups in total. The SMILES string of the molecule is C=C(COCCOC(C)(C)C)C(=O)OCC. The van der Waals surface area contributed by atoms with Crippen LogP contribution in [0, 0.1) is 0 Å². The van der Waals surface area contributed by atoms with Crippen LogP contribution in [0.2, 0.25) is 0 Å². The second kappa shape index (κ2) is 7.41. The normalized spacial score (nSPS) is 11.2. The molecule has 0 aliphatic heterocycles. The zero-order valence-electron chi connectivity index (χ0n) is 10.7. The molecule has 0 atom stereocenters. The molecule has 0 aromatic heterocycles. The number of ether oxygens (including phenoxy) is 3. The maximum Gasteiger partial charge on any atom is 0.335 e. The lowest BCUT2D eigenvalue weighted by molar-refractivity contribution is -0.139. The highest BCUT2D eigenvalue weighted by atomic mass is 16.5. The fourth-order valence-electron chi connectivity index (χ4n) is 0.894. The molecule has 0 aromatic rings. The zero-order chi connectivity index (χ0) is 12.6. The minimum Gasteiger partial charge on any atom is -0.463 e. The summed E-state index contributed by atoms with van der Waals surface area (Å²) in [6.45, 7) is 12.7. The molecule has 4 nitrogen and oxygen atoms in total. The van der Waals surface area contributed by atoms with Crippen LogP contribution in [0.1, 0.15) is 27.7 Å². The van der Waals surface area contributed by atoms with Crippen molar-refractivity contribution in [2.45, 2.75) is 33.3 Å². The highest BCUT2D eigenvalue weighted by molar-refractivity contribution is 5.87. The molecule has 0 radical (unpaired) electrons. The summed E-state index contributed by atoms with van der Waals surface area (Å²) in [6, 6.07) is 0. The average Bonchev–Trinajstić information content (AvgIpc) is 2.15. The first-order chi connectivity index (χ1) is 7.37. The third-order valence-electron chi connectivity index (χ3n) is 1.60. The van der Waals surface area contributed by atoms with Crippen molar-refractivity contribution in [2.24, 2.45) is 0 Å². The van der Waals surface area contributed by atoms with Gasteiger partial charge in [-0.3, -0.25) is 0 Å². The van der Waals surface area contributed by atoms with Crippen LogP contribution in [0.3, 0.4) is 0 Å². The molecule has 0 spiro atoms. The van der Waals surface area contributed by atoms with E-state index < -0.39 is 5.97 Å². The Morgan fingerprint density at radius 1 is 1.25 bits per heavy atom. The molecule has 0 bridgehead atoms.